The molecule has 1 aliphatic rings. The predicted molar refractivity (Wildman–Crippen MR) is 89.2 cm³/mol. The van der Waals surface area contributed by atoms with E-state index in [1.807, 2.05) is 0 Å². The molecule has 1 aromatic heterocycles. The van der Waals surface area contributed by atoms with Gasteiger partial charge in [0.1, 0.15) is 5.82 Å². The normalized spacial score (nSPS) is 18.7. The first-order valence-corrected chi connectivity index (χ1v) is 9.34. The molecule has 1 amide bonds. The molecule has 0 aliphatic carbocycles. The second kappa shape index (κ2) is 6.75. The molecule has 25 heavy (non-hydrogen) atoms. The van der Waals surface area contributed by atoms with Crippen LogP contribution < -0.4 is 10.6 Å². The number of rotatable bonds is 4. The lowest BCUT2D eigenvalue weighted by atomic mass is 10.2. The standard InChI is InChI=1S/C16H15F2N3O3S/c17-13-3-2-11(7-14(13)18)21-16(22)10-1-4-15(19-8-10)20-12-5-6-25(23,24)9-12/h1-4,7-8,12H,5-6,9H2,(H,19,20)(H,21,22). The zero-order chi connectivity index (χ0) is 18.0. The molecule has 0 radical (unpaired) electrons. The highest BCUT2D eigenvalue weighted by molar-refractivity contribution is 7.91. The van der Waals surface area contributed by atoms with Gasteiger partial charge in [0.2, 0.25) is 0 Å². The number of nitrogens with one attached hydrogen (secondary N) is 2. The molecule has 1 aromatic carbocycles. The fraction of sp³-hybridized carbons (Fsp3) is 0.250. The summed E-state index contributed by atoms with van der Waals surface area (Å²) in [5, 5.41) is 5.46. The van der Waals surface area contributed by atoms with Crippen molar-refractivity contribution in [3.8, 4) is 0 Å². The Morgan fingerprint density at radius 3 is 2.56 bits per heavy atom. The molecule has 1 unspecified atom stereocenters. The zero-order valence-corrected chi connectivity index (χ0v) is 13.8. The van der Waals surface area contributed by atoms with E-state index in [0.29, 0.717) is 12.2 Å². The third kappa shape index (κ3) is 4.30. The van der Waals surface area contributed by atoms with Crippen LogP contribution in [0.1, 0.15) is 16.8 Å². The van der Waals surface area contributed by atoms with E-state index in [2.05, 4.69) is 15.6 Å². The van der Waals surface area contributed by atoms with Gasteiger partial charge < -0.3 is 10.6 Å². The summed E-state index contributed by atoms with van der Waals surface area (Å²) >= 11 is 0. The minimum Gasteiger partial charge on any atom is -0.366 e. The molecule has 2 aromatic rings. The minimum absolute atomic E-state index is 0.0625. The first kappa shape index (κ1) is 17.3. The number of halogens is 2. The van der Waals surface area contributed by atoms with E-state index in [9.17, 15) is 22.0 Å². The first-order valence-electron chi connectivity index (χ1n) is 7.52. The van der Waals surface area contributed by atoms with Crippen LogP contribution in [0.3, 0.4) is 0 Å². The number of nitrogens with zero attached hydrogens (tertiary/aromatic N) is 1. The monoisotopic (exact) mass is 367 g/mol. The predicted octanol–water partition coefficient (Wildman–Crippen LogP) is 2.21. The maximum atomic E-state index is 13.1. The Morgan fingerprint density at radius 2 is 1.96 bits per heavy atom. The number of aromatic nitrogens is 1. The summed E-state index contributed by atoms with van der Waals surface area (Å²) in [5.41, 5.74) is 0.358. The number of amides is 1. The highest BCUT2D eigenvalue weighted by Gasteiger charge is 2.27. The van der Waals surface area contributed by atoms with Crippen molar-refractivity contribution in [1.29, 1.82) is 0 Å². The van der Waals surface area contributed by atoms with Crippen molar-refractivity contribution >= 4 is 27.2 Å². The van der Waals surface area contributed by atoms with Crippen molar-refractivity contribution in [3.05, 3.63) is 53.7 Å². The highest BCUT2D eigenvalue weighted by Crippen LogP contribution is 2.17. The number of hydrogen-bond donors (Lipinski definition) is 2. The zero-order valence-electron chi connectivity index (χ0n) is 13.0. The van der Waals surface area contributed by atoms with E-state index in [1.165, 1.54) is 18.3 Å². The molecule has 1 fully saturated rings. The van der Waals surface area contributed by atoms with E-state index in [-0.39, 0.29) is 28.8 Å². The summed E-state index contributed by atoms with van der Waals surface area (Å²) in [7, 11) is -2.99. The number of benzene rings is 1. The van der Waals surface area contributed by atoms with Gasteiger partial charge in [-0.15, -0.1) is 0 Å². The Hall–Kier alpha value is -2.55. The van der Waals surface area contributed by atoms with Crippen LogP contribution in [0.2, 0.25) is 0 Å². The fourth-order valence-electron chi connectivity index (χ4n) is 2.51. The number of carbonyl (C=O) groups is 1. The smallest absolute Gasteiger partial charge is 0.257 e. The Kier molecular flexibility index (Phi) is 4.67. The van der Waals surface area contributed by atoms with Gasteiger partial charge in [-0.05, 0) is 30.7 Å². The highest BCUT2D eigenvalue weighted by atomic mass is 32.2. The number of hydrogen-bond acceptors (Lipinski definition) is 5. The van der Waals surface area contributed by atoms with Crippen molar-refractivity contribution in [2.24, 2.45) is 0 Å². The van der Waals surface area contributed by atoms with Gasteiger partial charge in [-0.1, -0.05) is 0 Å². The average molecular weight is 367 g/mol. The molecule has 1 saturated heterocycles. The van der Waals surface area contributed by atoms with Gasteiger partial charge in [0.05, 0.1) is 17.1 Å². The molecule has 0 spiro atoms. The molecule has 1 atom stereocenters. The average Bonchev–Trinajstić information content (AvgIpc) is 2.90. The minimum atomic E-state index is -2.99. The summed E-state index contributed by atoms with van der Waals surface area (Å²) in [5.74, 6) is -1.89. The van der Waals surface area contributed by atoms with Crippen molar-refractivity contribution in [1.82, 2.24) is 4.98 Å². The molecule has 6 nitrogen and oxygen atoms in total. The second-order valence-electron chi connectivity index (χ2n) is 5.76. The fourth-order valence-corrected chi connectivity index (χ4v) is 4.18. The molecule has 0 bridgehead atoms. The van der Waals surface area contributed by atoms with Gasteiger partial charge in [0, 0.05) is 24.0 Å². The lowest BCUT2D eigenvalue weighted by Gasteiger charge is -2.11. The molecular formula is C16H15F2N3O3S. The van der Waals surface area contributed by atoms with Crippen molar-refractivity contribution in [2.75, 3.05) is 22.1 Å². The first-order chi connectivity index (χ1) is 11.8. The van der Waals surface area contributed by atoms with Gasteiger partial charge in [0.25, 0.3) is 5.91 Å². The lowest BCUT2D eigenvalue weighted by Crippen LogP contribution is -2.21. The van der Waals surface area contributed by atoms with Crippen LogP contribution >= 0.6 is 0 Å². The quantitative estimate of drug-likeness (QED) is 0.865. The lowest BCUT2D eigenvalue weighted by molar-refractivity contribution is 0.102. The van der Waals surface area contributed by atoms with Crippen LogP contribution in [0.15, 0.2) is 36.5 Å². The van der Waals surface area contributed by atoms with Crippen molar-refractivity contribution in [3.63, 3.8) is 0 Å². The molecule has 9 heteroatoms. The number of pyridine rings is 1. The summed E-state index contributed by atoms with van der Waals surface area (Å²) in [6.45, 7) is 0. The molecule has 2 N–H and O–H groups in total. The summed E-state index contributed by atoms with van der Waals surface area (Å²) in [4.78, 5) is 16.2. The van der Waals surface area contributed by atoms with Gasteiger partial charge in [-0.2, -0.15) is 0 Å². The Balaban J connectivity index is 1.63. The van der Waals surface area contributed by atoms with Gasteiger partial charge >= 0.3 is 0 Å². The third-order valence-corrected chi connectivity index (χ3v) is 5.56. The largest absolute Gasteiger partial charge is 0.366 e. The Bertz CT molecular complexity index is 901. The molecule has 0 saturated carbocycles. The van der Waals surface area contributed by atoms with Gasteiger partial charge in [-0.25, -0.2) is 22.2 Å². The van der Waals surface area contributed by atoms with E-state index < -0.39 is 27.4 Å². The second-order valence-corrected chi connectivity index (χ2v) is 7.99. The van der Waals surface area contributed by atoms with E-state index in [0.717, 1.165) is 12.1 Å². The Labute approximate surface area is 143 Å². The van der Waals surface area contributed by atoms with Crippen LogP contribution in [-0.4, -0.2) is 36.9 Å². The Morgan fingerprint density at radius 1 is 1.16 bits per heavy atom. The summed E-state index contributed by atoms with van der Waals surface area (Å²) < 4.78 is 48.9. The number of carbonyl (C=O) groups excluding carboxylic acids is 1. The SMILES string of the molecule is O=C(Nc1ccc(F)c(F)c1)c1ccc(NC2CCS(=O)(=O)C2)nc1. The molecule has 132 valence electrons. The maximum Gasteiger partial charge on any atom is 0.257 e. The van der Waals surface area contributed by atoms with E-state index >= 15 is 0 Å². The van der Waals surface area contributed by atoms with Gasteiger partial charge in [-0.3, -0.25) is 4.79 Å². The summed E-state index contributed by atoms with van der Waals surface area (Å²) in [6.07, 6.45) is 1.84. The molecule has 1 aliphatic heterocycles. The van der Waals surface area contributed by atoms with Crippen molar-refractivity contribution in [2.45, 2.75) is 12.5 Å². The van der Waals surface area contributed by atoms with Gasteiger partial charge in [0.15, 0.2) is 21.5 Å². The van der Waals surface area contributed by atoms with Crippen LogP contribution in [0.4, 0.5) is 20.3 Å². The van der Waals surface area contributed by atoms with E-state index in [4.69, 9.17) is 0 Å². The van der Waals surface area contributed by atoms with Crippen LogP contribution in [-0.2, 0) is 9.84 Å². The topological polar surface area (TPSA) is 88.2 Å². The van der Waals surface area contributed by atoms with Crippen LogP contribution in [0.5, 0.6) is 0 Å². The van der Waals surface area contributed by atoms with Crippen LogP contribution in [0, 0.1) is 11.6 Å². The summed E-state index contributed by atoms with van der Waals surface area (Å²) in [6, 6.07) is 5.93. The number of anilines is 2. The van der Waals surface area contributed by atoms with Crippen LogP contribution in [0.25, 0.3) is 0 Å². The molecular weight excluding hydrogens is 352 g/mol. The number of sulfone groups is 1. The van der Waals surface area contributed by atoms with E-state index in [1.54, 1.807) is 6.07 Å². The maximum absolute atomic E-state index is 13.1. The van der Waals surface area contributed by atoms with Crippen molar-refractivity contribution < 1.29 is 22.0 Å². The molecule has 3 rings (SSSR count). The third-order valence-electron chi connectivity index (χ3n) is 3.79. The molecule has 2 heterocycles.